The molecule has 0 aliphatic heterocycles. The third-order valence-corrected chi connectivity index (χ3v) is 20.0. The highest BCUT2D eigenvalue weighted by atomic mass is 16.3. The number of pyridine rings is 10. The molecule has 0 unspecified atom stereocenters. The molecule has 107 heavy (non-hydrogen) atoms. The van der Waals surface area contributed by atoms with Gasteiger partial charge in [0.1, 0.15) is 85.5 Å². The van der Waals surface area contributed by atoms with Crippen molar-refractivity contribution < 1.29 is 44.9 Å². The summed E-state index contributed by atoms with van der Waals surface area (Å²) in [7, 11) is 10.3. The predicted molar refractivity (Wildman–Crippen MR) is 424 cm³/mol. The van der Waals surface area contributed by atoms with Crippen LogP contribution in [0.1, 0.15) is 39.1 Å². The zero-order chi connectivity index (χ0) is 73.7. The van der Waals surface area contributed by atoms with E-state index in [1.54, 1.807) is 24.8 Å². The van der Waals surface area contributed by atoms with E-state index in [2.05, 4.69) is 265 Å². The van der Waals surface area contributed by atoms with E-state index in [1.165, 1.54) is 61.6 Å². The first-order valence-corrected chi connectivity index (χ1v) is 35.7. The number of aromatic nitrogens is 10. The van der Waals surface area contributed by atoms with Crippen LogP contribution in [0, 0.1) is 48.5 Å². The average Bonchev–Trinajstić information content (AvgIpc) is 1.68. The summed E-state index contributed by atoms with van der Waals surface area (Å²) in [6.45, 7) is 14.7. The molecule has 0 amide bonds. The Morgan fingerprint density at radius 3 is 1.38 bits per heavy atom. The van der Waals surface area contributed by atoms with Gasteiger partial charge in [-0.15, -0.1) is 0 Å². The van der Waals surface area contributed by atoms with Crippen molar-refractivity contribution >= 4 is 110 Å². The number of hydrogen-bond donors (Lipinski definition) is 0. The van der Waals surface area contributed by atoms with Crippen LogP contribution in [0.5, 0.6) is 0 Å². The fourth-order valence-electron chi connectivity index (χ4n) is 14.4. The van der Waals surface area contributed by atoms with Crippen molar-refractivity contribution in [3.05, 3.63) is 301 Å². The van der Waals surface area contributed by atoms with Crippen LogP contribution in [-0.4, -0.2) is 24.9 Å². The third-order valence-electron chi connectivity index (χ3n) is 20.0. The molecule has 15 heteroatoms. The molecule has 0 radical (unpaired) electrons. The van der Waals surface area contributed by atoms with Gasteiger partial charge in [-0.1, -0.05) is 30.3 Å². The Morgan fingerprint density at radius 1 is 0.271 bits per heavy atom. The quantitative estimate of drug-likeness (QED) is 0.152. The lowest BCUT2D eigenvalue weighted by Gasteiger charge is -2.04. The lowest BCUT2D eigenvalue weighted by atomic mass is 10.0. The van der Waals surface area contributed by atoms with Crippen LogP contribution in [0.3, 0.4) is 0 Å². The molecule has 0 spiro atoms. The molecule has 20 rings (SSSR count). The number of furan rings is 5. The fourth-order valence-corrected chi connectivity index (χ4v) is 14.4. The van der Waals surface area contributed by atoms with E-state index in [4.69, 9.17) is 27.1 Å². The lowest BCUT2D eigenvalue weighted by molar-refractivity contribution is -0.660. The van der Waals surface area contributed by atoms with Gasteiger partial charge in [-0.2, -0.15) is 4.57 Å². The molecule has 20 aromatic rings. The standard InChI is InChI=1S/2C19H17N2O.3C18H15N2O/c1-12-8-9-21(3)17(10-12)15-11-16-14-6-4-5-7-18(14)22-19(16)20-13(15)2;1-12-8-9-21(3)15(10-12)18-13(2)11-17-19(20-18)14-6-4-5-7-16(14)22-17;1-12-10-14-17(21-16-7-5-8-19-18(14)16)11-13(12)15-6-3-4-9-20(15)2;1-12-9-14-15-11-19-7-6-17(15)21-18(14)10-13(12)16-5-3-4-8-20(16)2;1-12-9-15-13-6-7-19-11-18(13)21-17(15)10-14(12)16-5-3-4-8-20(16)2/h2*4-11H,1-3H3;3*3-11H,1-2H3/q5*+1. The SMILES string of the molecule is Cc1cc2c(cc1-c1cccc[n+]1C)oc1cccnc12.Cc1cc2c(cc1-c1cccc[n+]1C)oc1ccncc12.Cc1cc2c(cc1-c1cccc[n+]1C)oc1cnccc12.Cc1cc[n+](C)c(-c2cc3c(nc2C)oc2ccccc23)c1.Cc1cc[n+](C)c(-c2nc3c(cc2C)oc2ccccc23)c1. The topological polar surface area (TPSA) is 150 Å². The van der Waals surface area contributed by atoms with Crippen LogP contribution < -0.4 is 22.8 Å². The normalized spacial score (nSPS) is 11.4. The van der Waals surface area contributed by atoms with Gasteiger partial charge in [0, 0.05) is 129 Å². The molecule has 15 nitrogen and oxygen atoms in total. The van der Waals surface area contributed by atoms with Gasteiger partial charge in [-0.05, 0) is 191 Å². The van der Waals surface area contributed by atoms with Gasteiger partial charge in [0.25, 0.3) is 0 Å². The number of rotatable bonds is 5. The molecule has 15 aromatic heterocycles. The maximum atomic E-state index is 5.96. The van der Waals surface area contributed by atoms with Crippen molar-refractivity contribution in [2.24, 2.45) is 35.2 Å². The third kappa shape index (κ3) is 13.1. The zero-order valence-corrected chi connectivity index (χ0v) is 61.8. The molecule has 15 heterocycles. The summed E-state index contributed by atoms with van der Waals surface area (Å²) in [5.74, 6) is 0. The van der Waals surface area contributed by atoms with E-state index in [1.807, 2.05) is 99.0 Å². The molecule has 0 fully saturated rings. The Kier molecular flexibility index (Phi) is 18.0. The maximum Gasteiger partial charge on any atom is 0.231 e. The minimum Gasteiger partial charge on any atom is -0.456 e. The molecule has 0 aliphatic carbocycles. The van der Waals surface area contributed by atoms with E-state index in [0.717, 1.165) is 138 Å². The second-order valence-electron chi connectivity index (χ2n) is 27.6. The molecular weight excluding hydrogens is 1330 g/mol. The molecule has 5 aromatic carbocycles. The largest absolute Gasteiger partial charge is 0.456 e. The summed E-state index contributed by atoms with van der Waals surface area (Å²) in [6.07, 6.45) is 19.3. The summed E-state index contributed by atoms with van der Waals surface area (Å²) in [4.78, 5) is 22.4. The van der Waals surface area contributed by atoms with Crippen LogP contribution in [-0.2, 0) is 35.2 Å². The minimum absolute atomic E-state index is 0.706. The van der Waals surface area contributed by atoms with Crippen molar-refractivity contribution in [1.29, 1.82) is 0 Å². The van der Waals surface area contributed by atoms with Crippen LogP contribution in [0.2, 0.25) is 0 Å². The predicted octanol–water partition coefficient (Wildman–Crippen LogP) is 19.5. The van der Waals surface area contributed by atoms with Crippen LogP contribution in [0.25, 0.3) is 167 Å². The number of fused-ring (bicyclic) bond motifs is 15. The molecule has 522 valence electrons. The highest BCUT2D eigenvalue weighted by Gasteiger charge is 2.23. The Bertz CT molecular complexity index is 6290. The first-order chi connectivity index (χ1) is 52.0. The number of nitrogens with zero attached hydrogens (tertiary/aromatic N) is 10. The van der Waals surface area contributed by atoms with Gasteiger partial charge in [0.2, 0.25) is 34.2 Å². The van der Waals surface area contributed by atoms with Crippen LogP contribution in [0.4, 0.5) is 0 Å². The van der Waals surface area contributed by atoms with E-state index < -0.39 is 0 Å². The van der Waals surface area contributed by atoms with Gasteiger partial charge >= 0.3 is 0 Å². The van der Waals surface area contributed by atoms with E-state index in [-0.39, 0.29) is 0 Å². The van der Waals surface area contributed by atoms with Crippen molar-refractivity contribution in [2.75, 3.05) is 0 Å². The summed E-state index contributed by atoms with van der Waals surface area (Å²) in [6, 6.07) is 68.3. The van der Waals surface area contributed by atoms with Crippen molar-refractivity contribution in [2.45, 2.75) is 48.5 Å². The minimum atomic E-state index is 0.706. The zero-order valence-electron chi connectivity index (χ0n) is 61.8. The van der Waals surface area contributed by atoms with Gasteiger partial charge in [0.15, 0.2) is 47.7 Å². The highest BCUT2D eigenvalue weighted by Crippen LogP contribution is 2.38. The fraction of sp³-hybridized carbons (Fsp3) is 0.130. The average molecular weight is 1400 g/mol. The smallest absolute Gasteiger partial charge is 0.231 e. The first kappa shape index (κ1) is 68.1. The monoisotopic (exact) mass is 1400 g/mol. The number of para-hydroxylation sites is 2. The molecule has 0 saturated heterocycles. The summed E-state index contributed by atoms with van der Waals surface area (Å²) in [5.41, 5.74) is 30.2. The Morgan fingerprint density at radius 2 is 0.748 bits per heavy atom. The highest BCUT2D eigenvalue weighted by molar-refractivity contribution is 6.09. The van der Waals surface area contributed by atoms with Crippen LogP contribution in [0.15, 0.2) is 284 Å². The number of benzene rings is 5. The Balaban J connectivity index is 0.000000102. The van der Waals surface area contributed by atoms with Gasteiger partial charge in [0.05, 0.1) is 34.1 Å². The van der Waals surface area contributed by atoms with Crippen molar-refractivity contribution in [3.63, 3.8) is 0 Å². The molecule has 0 saturated carbocycles. The second-order valence-corrected chi connectivity index (χ2v) is 27.6. The second kappa shape index (κ2) is 28.3. The lowest BCUT2D eigenvalue weighted by Crippen LogP contribution is -2.30. The van der Waals surface area contributed by atoms with E-state index in [9.17, 15) is 0 Å². The van der Waals surface area contributed by atoms with E-state index in [0.29, 0.717) is 5.71 Å². The number of aryl methyl sites for hydroxylation is 12. The Hall–Kier alpha value is -13.4. The molecule has 0 atom stereocenters. The van der Waals surface area contributed by atoms with Crippen molar-refractivity contribution in [1.82, 2.24) is 24.9 Å². The Labute approximate surface area is 617 Å². The molecule has 0 aliphatic rings. The molecule has 0 N–H and O–H groups in total. The summed E-state index contributed by atoms with van der Waals surface area (Å²) in [5, 5.41) is 8.77. The van der Waals surface area contributed by atoms with Crippen molar-refractivity contribution in [3.8, 4) is 56.4 Å². The van der Waals surface area contributed by atoms with Gasteiger partial charge in [-0.3, -0.25) is 15.0 Å². The van der Waals surface area contributed by atoms with Gasteiger partial charge < -0.3 is 22.1 Å². The van der Waals surface area contributed by atoms with E-state index >= 15 is 0 Å². The maximum absolute atomic E-state index is 5.96. The molecule has 0 bridgehead atoms. The van der Waals surface area contributed by atoms with Gasteiger partial charge in [-0.25, -0.2) is 28.2 Å². The first-order valence-electron chi connectivity index (χ1n) is 35.7. The van der Waals surface area contributed by atoms with Crippen LogP contribution >= 0.6 is 0 Å². The summed E-state index contributed by atoms with van der Waals surface area (Å²) < 4.78 is 40.2. The molecular formula is C92H79N10O5+5. The summed E-state index contributed by atoms with van der Waals surface area (Å²) >= 11 is 0. The number of hydrogen-bond acceptors (Lipinski definition) is 10.